The average molecular weight is 693 g/mol. The van der Waals surface area contributed by atoms with Crippen LogP contribution in [0.1, 0.15) is 26.5 Å². The molecule has 0 amide bonds. The molecule has 49 heavy (non-hydrogen) atoms. The minimum absolute atomic E-state index is 0.00330. The zero-order chi connectivity index (χ0) is 36.0. The van der Waals surface area contributed by atoms with Gasteiger partial charge in [-0.05, 0) is 31.2 Å². The first-order chi connectivity index (χ1) is 23.2. The summed E-state index contributed by atoms with van der Waals surface area (Å²) < 4.78 is 42.1. The Labute approximate surface area is 278 Å². The molecule has 0 aliphatic rings. The number of carboxylic acids is 1. The van der Waals surface area contributed by atoms with Gasteiger partial charge in [-0.3, -0.25) is 20.2 Å². The Morgan fingerprint density at radius 3 is 1.80 bits per heavy atom. The number of carbonyl (C=O) groups is 2. The molecule has 17 heteroatoms. The summed E-state index contributed by atoms with van der Waals surface area (Å²) in [5.74, 6) is -1.93. The Balaban J connectivity index is 0.000000244. The van der Waals surface area contributed by atoms with E-state index in [1.807, 2.05) is 6.92 Å². The fraction of sp³-hybridized carbons (Fsp3) is 0.125. The molecule has 16 nitrogen and oxygen atoms in total. The Morgan fingerprint density at radius 1 is 0.816 bits per heavy atom. The number of carbonyl (C=O) groups excluding carboxylic acids is 1. The minimum Gasteiger partial charge on any atom is -0.490 e. The fourth-order valence-corrected chi connectivity index (χ4v) is 6.11. The highest BCUT2D eigenvalue weighted by atomic mass is 32.2. The van der Waals surface area contributed by atoms with Crippen LogP contribution in [0.3, 0.4) is 0 Å². The van der Waals surface area contributed by atoms with Crippen LogP contribution < -0.4 is 9.47 Å². The van der Waals surface area contributed by atoms with Crippen LogP contribution in [0.25, 0.3) is 22.3 Å². The van der Waals surface area contributed by atoms with E-state index in [1.54, 1.807) is 18.2 Å². The van der Waals surface area contributed by atoms with Gasteiger partial charge in [0.05, 0.1) is 36.1 Å². The summed E-state index contributed by atoms with van der Waals surface area (Å²) in [5, 5.41) is 31.1. The van der Waals surface area contributed by atoms with Gasteiger partial charge < -0.3 is 24.3 Å². The molecule has 2 aromatic heterocycles. The van der Waals surface area contributed by atoms with Crippen molar-refractivity contribution in [1.82, 2.24) is 8.96 Å². The molecule has 0 atom stereocenters. The lowest BCUT2D eigenvalue weighted by molar-refractivity contribution is -0.385. The highest BCUT2D eigenvalue weighted by Crippen LogP contribution is 2.39. The second-order valence-electron chi connectivity index (χ2n) is 10.1. The molecular weight excluding hydrogens is 664 g/mol. The van der Waals surface area contributed by atoms with Crippen molar-refractivity contribution in [2.75, 3.05) is 21.3 Å². The third kappa shape index (κ3) is 7.25. The normalized spacial score (nSPS) is 10.8. The van der Waals surface area contributed by atoms with Crippen molar-refractivity contribution in [3.63, 3.8) is 0 Å². The van der Waals surface area contributed by atoms with Crippen molar-refractivity contribution in [2.24, 2.45) is 0 Å². The maximum atomic E-state index is 13.2. The SMILES string of the molecule is COC(=O)c1cc(-c2cccc([N+](=O)[O-])c2OC)cn1S(=O)(=O)c1ccc(C)cc1.COc1c(-c2c[nH]c(C(=O)O)c2)cccc1[N+](=O)[O-]. The predicted octanol–water partition coefficient (Wildman–Crippen LogP) is 5.70. The number of aromatic amines is 1. The third-order valence-corrected chi connectivity index (χ3v) is 8.77. The number of carboxylic acid groups (broad SMARTS) is 1. The van der Waals surface area contributed by atoms with Gasteiger partial charge in [0, 0.05) is 46.8 Å². The molecule has 0 aliphatic carbocycles. The van der Waals surface area contributed by atoms with E-state index in [4.69, 9.17) is 19.3 Å². The quantitative estimate of drug-likeness (QED) is 0.102. The largest absolute Gasteiger partial charge is 0.490 e. The van der Waals surface area contributed by atoms with Crippen LogP contribution in [0.2, 0.25) is 0 Å². The minimum atomic E-state index is -4.13. The lowest BCUT2D eigenvalue weighted by Crippen LogP contribution is -2.18. The van der Waals surface area contributed by atoms with Gasteiger partial charge in [0.2, 0.25) is 11.5 Å². The van der Waals surface area contributed by atoms with E-state index in [1.165, 1.54) is 81.2 Å². The number of H-pyrrole nitrogens is 1. The van der Waals surface area contributed by atoms with E-state index in [9.17, 15) is 38.2 Å². The second kappa shape index (κ2) is 14.5. The van der Waals surface area contributed by atoms with Crippen LogP contribution in [0.15, 0.2) is 90.1 Å². The zero-order valence-electron chi connectivity index (χ0n) is 26.3. The molecule has 3 aromatic carbocycles. The van der Waals surface area contributed by atoms with Crippen molar-refractivity contribution >= 4 is 33.3 Å². The lowest BCUT2D eigenvalue weighted by atomic mass is 10.1. The number of nitrogens with zero attached hydrogens (tertiary/aromatic N) is 3. The van der Waals surface area contributed by atoms with Crippen molar-refractivity contribution in [3.05, 3.63) is 122 Å². The number of nitro benzene ring substituents is 2. The molecule has 2 N–H and O–H groups in total. The average Bonchev–Trinajstić information content (AvgIpc) is 3.77. The number of aryl methyl sites for hydroxylation is 1. The molecule has 0 spiro atoms. The van der Waals surface area contributed by atoms with E-state index >= 15 is 0 Å². The molecular formula is C32H28N4O12S. The Morgan fingerprint density at radius 2 is 1.35 bits per heavy atom. The summed E-state index contributed by atoms with van der Waals surface area (Å²) in [4.78, 5) is 46.7. The number of esters is 1. The number of ether oxygens (including phenoxy) is 3. The fourth-order valence-electron chi connectivity index (χ4n) is 4.76. The van der Waals surface area contributed by atoms with Crippen molar-refractivity contribution in [1.29, 1.82) is 0 Å². The van der Waals surface area contributed by atoms with Crippen LogP contribution in [0, 0.1) is 27.2 Å². The Bertz CT molecular complexity index is 2170. The highest BCUT2D eigenvalue weighted by molar-refractivity contribution is 7.90. The third-order valence-electron chi connectivity index (χ3n) is 7.08. The van der Waals surface area contributed by atoms with Gasteiger partial charge in [-0.1, -0.05) is 42.0 Å². The van der Waals surface area contributed by atoms with E-state index in [0.29, 0.717) is 11.1 Å². The number of aromatic carboxylic acids is 1. The summed E-state index contributed by atoms with van der Waals surface area (Å²) in [6.45, 7) is 1.82. The summed E-state index contributed by atoms with van der Waals surface area (Å²) in [6.07, 6.45) is 2.67. The maximum Gasteiger partial charge on any atom is 0.355 e. The van der Waals surface area contributed by atoms with E-state index in [2.05, 4.69) is 4.98 Å². The summed E-state index contributed by atoms with van der Waals surface area (Å²) in [5.41, 5.74) is 1.64. The molecule has 5 rings (SSSR count). The highest BCUT2D eigenvalue weighted by Gasteiger charge is 2.28. The van der Waals surface area contributed by atoms with Crippen LogP contribution in [-0.4, -0.2) is 65.6 Å². The van der Waals surface area contributed by atoms with E-state index in [0.717, 1.165) is 16.6 Å². The van der Waals surface area contributed by atoms with E-state index in [-0.39, 0.29) is 50.3 Å². The number of methoxy groups -OCH3 is 3. The van der Waals surface area contributed by atoms with Gasteiger partial charge in [0.15, 0.2) is 0 Å². The molecule has 0 saturated carbocycles. The summed E-state index contributed by atoms with van der Waals surface area (Å²) in [7, 11) is -0.402. The van der Waals surface area contributed by atoms with Crippen LogP contribution >= 0.6 is 0 Å². The van der Waals surface area contributed by atoms with Crippen molar-refractivity contribution in [3.8, 4) is 33.8 Å². The molecule has 0 bridgehead atoms. The smallest absolute Gasteiger partial charge is 0.355 e. The second-order valence-corrected chi connectivity index (χ2v) is 11.9. The first-order valence-electron chi connectivity index (χ1n) is 13.9. The van der Waals surface area contributed by atoms with Crippen molar-refractivity contribution in [2.45, 2.75) is 11.8 Å². The topological polar surface area (TPSA) is 223 Å². The molecule has 0 fully saturated rings. The number of nitrogens with one attached hydrogen (secondary N) is 1. The van der Waals surface area contributed by atoms with E-state index < -0.39 is 31.8 Å². The van der Waals surface area contributed by atoms with Crippen molar-refractivity contribution < 1.29 is 47.2 Å². The van der Waals surface area contributed by atoms with Crippen LogP contribution in [0.5, 0.6) is 11.5 Å². The summed E-state index contributed by atoms with van der Waals surface area (Å²) >= 11 is 0. The van der Waals surface area contributed by atoms with Crippen LogP contribution in [-0.2, 0) is 14.8 Å². The number of hydrogen-bond acceptors (Lipinski definition) is 11. The van der Waals surface area contributed by atoms with Gasteiger partial charge in [-0.25, -0.2) is 22.0 Å². The lowest BCUT2D eigenvalue weighted by Gasteiger charge is -2.09. The molecule has 2 heterocycles. The number of benzene rings is 3. The molecule has 5 aromatic rings. The van der Waals surface area contributed by atoms with Gasteiger partial charge in [-0.15, -0.1) is 0 Å². The molecule has 0 radical (unpaired) electrons. The number of rotatable bonds is 10. The van der Waals surface area contributed by atoms with Gasteiger partial charge in [-0.2, -0.15) is 0 Å². The number of nitro groups is 2. The first kappa shape index (κ1) is 35.4. The Hall–Kier alpha value is -6.49. The number of aromatic nitrogens is 2. The molecule has 254 valence electrons. The monoisotopic (exact) mass is 692 g/mol. The van der Waals surface area contributed by atoms with Gasteiger partial charge >= 0.3 is 23.3 Å². The zero-order valence-corrected chi connectivity index (χ0v) is 27.1. The van der Waals surface area contributed by atoms with Gasteiger partial charge in [0.25, 0.3) is 10.0 Å². The predicted molar refractivity (Wildman–Crippen MR) is 175 cm³/mol. The summed E-state index contributed by atoms with van der Waals surface area (Å²) in [6, 6.07) is 17.5. The number of hydrogen-bond donors (Lipinski definition) is 2. The van der Waals surface area contributed by atoms with Gasteiger partial charge in [0.1, 0.15) is 11.4 Å². The molecule has 0 unspecified atom stereocenters. The molecule has 0 saturated heterocycles. The standard InChI is InChI=1S/C20H18N2O7S.C12H10N2O5/c1-13-7-9-15(10-8-13)30(26,27)21-12-14(11-18(21)20(23)29-3)16-5-4-6-17(22(24)25)19(16)28-2;1-19-11-8(3-2-4-10(11)14(17)18)7-5-9(12(15)16)13-6-7/h4-12H,1-3H3;2-6,13H,1H3,(H,15,16). The number of para-hydroxylation sites is 2. The molecule has 0 aliphatic heterocycles. The first-order valence-corrected chi connectivity index (χ1v) is 15.4. The van der Waals surface area contributed by atoms with Crippen LogP contribution in [0.4, 0.5) is 11.4 Å². The maximum absolute atomic E-state index is 13.2. The Kier molecular flexibility index (Phi) is 10.5.